The third kappa shape index (κ3) is 2.44. The highest BCUT2D eigenvalue weighted by molar-refractivity contribution is 7.12. The number of hydrogen-bond acceptors (Lipinski definition) is 3. The Bertz CT molecular complexity index is 662. The number of para-hydroxylation sites is 1. The van der Waals surface area contributed by atoms with Crippen molar-refractivity contribution in [3.63, 3.8) is 0 Å². The Kier molecular flexibility index (Phi) is 3.72. The number of fused-ring (bicyclic) bond motifs is 1. The van der Waals surface area contributed by atoms with Crippen molar-refractivity contribution in [1.82, 2.24) is 4.90 Å². The van der Waals surface area contributed by atoms with E-state index in [1.807, 2.05) is 29.2 Å². The zero-order valence-corrected chi connectivity index (χ0v) is 13.4. The molecule has 1 amide bonds. The average molecular weight is 300 g/mol. The van der Waals surface area contributed by atoms with Crippen LogP contribution in [0.5, 0.6) is 0 Å². The number of aryl methyl sites for hydroxylation is 1. The second-order valence-electron chi connectivity index (χ2n) is 5.56. The van der Waals surface area contributed by atoms with Crippen LogP contribution in [0.2, 0.25) is 0 Å². The lowest BCUT2D eigenvalue weighted by Gasteiger charge is -2.40. The van der Waals surface area contributed by atoms with Crippen molar-refractivity contribution in [3.8, 4) is 0 Å². The number of nitrogens with one attached hydrogen (secondary N) is 1. The Morgan fingerprint density at radius 2 is 2.00 bits per heavy atom. The van der Waals surface area contributed by atoms with Gasteiger partial charge in [-0.3, -0.25) is 4.79 Å². The van der Waals surface area contributed by atoms with E-state index in [4.69, 9.17) is 0 Å². The number of amides is 1. The highest BCUT2D eigenvalue weighted by Crippen LogP contribution is 2.37. The molecule has 0 saturated heterocycles. The zero-order valence-electron chi connectivity index (χ0n) is 12.6. The molecule has 0 bridgehead atoms. The highest BCUT2D eigenvalue weighted by Gasteiger charge is 2.34. The molecule has 2 aromatic rings. The Morgan fingerprint density at radius 3 is 2.67 bits per heavy atom. The van der Waals surface area contributed by atoms with E-state index in [2.05, 4.69) is 38.2 Å². The van der Waals surface area contributed by atoms with Crippen molar-refractivity contribution in [1.29, 1.82) is 0 Å². The molecule has 1 aromatic carbocycles. The summed E-state index contributed by atoms with van der Waals surface area (Å²) in [5.41, 5.74) is 1.69. The predicted molar refractivity (Wildman–Crippen MR) is 87.8 cm³/mol. The normalized spacial score (nSPS) is 17.8. The fourth-order valence-electron chi connectivity index (χ4n) is 2.74. The van der Waals surface area contributed by atoms with Crippen molar-refractivity contribution < 1.29 is 4.79 Å². The maximum atomic E-state index is 12.8. The molecule has 0 saturated carbocycles. The summed E-state index contributed by atoms with van der Waals surface area (Å²) in [6.45, 7) is 6.29. The fourth-order valence-corrected chi connectivity index (χ4v) is 3.74. The Hall–Kier alpha value is -1.81. The molecule has 1 atom stereocenters. The van der Waals surface area contributed by atoms with Crippen LogP contribution in [0.1, 0.15) is 47.0 Å². The molecule has 3 rings (SSSR count). The number of carbonyl (C=O) groups is 1. The first-order valence-corrected chi connectivity index (χ1v) is 8.20. The van der Waals surface area contributed by atoms with Crippen LogP contribution < -0.4 is 5.32 Å². The number of carbonyl (C=O) groups excluding carboxylic acids is 1. The van der Waals surface area contributed by atoms with Crippen LogP contribution in [-0.2, 0) is 6.42 Å². The molecule has 0 radical (unpaired) electrons. The molecule has 1 aliphatic heterocycles. The lowest BCUT2D eigenvalue weighted by atomic mass is 10.1. The molecule has 1 unspecified atom stereocenters. The summed E-state index contributed by atoms with van der Waals surface area (Å²) in [6, 6.07) is 12.2. The smallest absolute Gasteiger partial charge is 0.258 e. The van der Waals surface area contributed by atoms with E-state index in [9.17, 15) is 4.79 Å². The summed E-state index contributed by atoms with van der Waals surface area (Å²) >= 11 is 1.78. The molecular weight excluding hydrogens is 280 g/mol. The molecule has 4 heteroatoms. The topological polar surface area (TPSA) is 32.3 Å². The number of hydrogen-bond donors (Lipinski definition) is 1. The Balaban J connectivity index is 2.04. The monoisotopic (exact) mass is 300 g/mol. The summed E-state index contributed by atoms with van der Waals surface area (Å²) in [6.07, 6.45) is 0.960. The van der Waals surface area contributed by atoms with Gasteiger partial charge in [-0.05, 0) is 44.5 Å². The second kappa shape index (κ2) is 5.53. The minimum Gasteiger partial charge on any atom is -0.360 e. The number of anilines is 1. The SMILES string of the molecule is CCc1ccc(C2Nc3ccccc3C(=O)N2C(C)C)s1. The van der Waals surface area contributed by atoms with E-state index in [1.165, 1.54) is 9.75 Å². The van der Waals surface area contributed by atoms with Crippen LogP contribution in [0.25, 0.3) is 0 Å². The molecule has 0 spiro atoms. The van der Waals surface area contributed by atoms with Gasteiger partial charge in [0.1, 0.15) is 6.17 Å². The number of nitrogens with zero attached hydrogens (tertiary/aromatic N) is 1. The van der Waals surface area contributed by atoms with E-state index in [-0.39, 0.29) is 18.1 Å². The van der Waals surface area contributed by atoms with E-state index in [0.29, 0.717) is 0 Å². The third-order valence-electron chi connectivity index (χ3n) is 3.82. The van der Waals surface area contributed by atoms with Gasteiger partial charge in [-0.2, -0.15) is 0 Å². The molecule has 3 nitrogen and oxygen atoms in total. The zero-order chi connectivity index (χ0) is 15.0. The van der Waals surface area contributed by atoms with E-state index >= 15 is 0 Å². The lowest BCUT2D eigenvalue weighted by Crippen LogP contribution is -2.46. The standard InChI is InChI=1S/C17H20N2OS/c1-4-12-9-10-15(21-12)16-18-14-8-6-5-7-13(14)17(20)19(16)11(2)3/h5-11,16,18H,4H2,1-3H3. The minimum absolute atomic E-state index is 0.0716. The number of benzene rings is 1. The van der Waals surface area contributed by atoms with E-state index < -0.39 is 0 Å². The van der Waals surface area contributed by atoms with Gasteiger partial charge in [0.25, 0.3) is 5.91 Å². The van der Waals surface area contributed by atoms with E-state index in [0.717, 1.165) is 17.7 Å². The minimum atomic E-state index is -0.0716. The largest absolute Gasteiger partial charge is 0.360 e. The van der Waals surface area contributed by atoms with Gasteiger partial charge in [-0.25, -0.2) is 0 Å². The van der Waals surface area contributed by atoms with Gasteiger partial charge >= 0.3 is 0 Å². The number of thiophene rings is 1. The van der Waals surface area contributed by atoms with Gasteiger partial charge in [-0.15, -0.1) is 11.3 Å². The fraction of sp³-hybridized carbons (Fsp3) is 0.353. The van der Waals surface area contributed by atoms with Crippen LogP contribution in [0.15, 0.2) is 36.4 Å². The van der Waals surface area contributed by atoms with Crippen LogP contribution in [-0.4, -0.2) is 16.8 Å². The summed E-state index contributed by atoms with van der Waals surface area (Å²) in [5.74, 6) is 0.107. The van der Waals surface area contributed by atoms with Crippen molar-refractivity contribution >= 4 is 22.9 Å². The second-order valence-corrected chi connectivity index (χ2v) is 6.76. The molecule has 1 N–H and O–H groups in total. The molecule has 1 aromatic heterocycles. The van der Waals surface area contributed by atoms with Gasteiger partial charge in [0, 0.05) is 21.5 Å². The average Bonchev–Trinajstić information content (AvgIpc) is 2.95. The highest BCUT2D eigenvalue weighted by atomic mass is 32.1. The van der Waals surface area contributed by atoms with Gasteiger partial charge in [-0.1, -0.05) is 19.1 Å². The summed E-state index contributed by atoms with van der Waals surface area (Å²) in [4.78, 5) is 17.3. The molecule has 110 valence electrons. The van der Waals surface area contributed by atoms with Gasteiger partial charge in [0.05, 0.1) is 5.56 Å². The molecular formula is C17H20N2OS. The van der Waals surface area contributed by atoms with Gasteiger partial charge in [0.2, 0.25) is 0 Å². The van der Waals surface area contributed by atoms with Crippen LogP contribution >= 0.6 is 11.3 Å². The molecule has 1 aliphatic rings. The summed E-state index contributed by atoms with van der Waals surface area (Å²) < 4.78 is 0. The van der Waals surface area contributed by atoms with Crippen molar-refractivity contribution in [2.75, 3.05) is 5.32 Å². The molecule has 21 heavy (non-hydrogen) atoms. The van der Waals surface area contributed by atoms with Crippen LogP contribution in [0, 0.1) is 0 Å². The Morgan fingerprint density at radius 1 is 1.24 bits per heavy atom. The first kappa shape index (κ1) is 14.1. The van der Waals surface area contributed by atoms with Crippen molar-refractivity contribution in [2.24, 2.45) is 0 Å². The maximum Gasteiger partial charge on any atom is 0.258 e. The van der Waals surface area contributed by atoms with Crippen LogP contribution in [0.4, 0.5) is 5.69 Å². The molecule has 2 heterocycles. The van der Waals surface area contributed by atoms with Crippen LogP contribution in [0.3, 0.4) is 0 Å². The number of rotatable bonds is 3. The summed E-state index contributed by atoms with van der Waals surface area (Å²) in [5, 5.41) is 3.53. The first-order chi connectivity index (χ1) is 10.1. The molecule has 0 aliphatic carbocycles. The Labute approximate surface area is 129 Å². The van der Waals surface area contributed by atoms with E-state index in [1.54, 1.807) is 11.3 Å². The quantitative estimate of drug-likeness (QED) is 0.917. The van der Waals surface area contributed by atoms with Gasteiger partial charge in [0.15, 0.2) is 0 Å². The molecule has 0 fully saturated rings. The van der Waals surface area contributed by atoms with Crippen molar-refractivity contribution in [2.45, 2.75) is 39.4 Å². The lowest BCUT2D eigenvalue weighted by molar-refractivity contribution is 0.0620. The first-order valence-electron chi connectivity index (χ1n) is 7.38. The maximum absolute atomic E-state index is 12.8. The van der Waals surface area contributed by atoms with Crippen molar-refractivity contribution in [3.05, 3.63) is 51.7 Å². The predicted octanol–water partition coefficient (Wildman–Crippen LogP) is 4.29. The summed E-state index contributed by atoms with van der Waals surface area (Å²) in [7, 11) is 0. The third-order valence-corrected chi connectivity index (χ3v) is 5.10. The van der Waals surface area contributed by atoms with Gasteiger partial charge < -0.3 is 10.2 Å².